The minimum absolute atomic E-state index is 0.0697. The summed E-state index contributed by atoms with van der Waals surface area (Å²) in [5, 5.41) is 26.1. The molecule has 0 radical (unpaired) electrons. The molecule has 1 heterocycles. The minimum Gasteiger partial charge on any atom is -0.481 e. The number of aromatic nitrogens is 1. The van der Waals surface area contributed by atoms with Gasteiger partial charge in [0, 0.05) is 29.9 Å². The van der Waals surface area contributed by atoms with E-state index in [0.717, 1.165) is 10.9 Å². The van der Waals surface area contributed by atoms with E-state index in [4.69, 9.17) is 16.6 Å². The molecule has 0 aliphatic carbocycles. The molecule has 1 aromatic heterocycles. The molecule has 0 saturated heterocycles. The molecule has 1 aromatic carbocycles. The SMILES string of the molecule is CC(NC(=O)C(Cc1c[nH]c2ccccc12)NC(=O)C(CC(=O)O)NC(=O)C(N)CCC(N)=O)C(=O)O. The van der Waals surface area contributed by atoms with Gasteiger partial charge in [-0.05, 0) is 25.0 Å². The Labute approximate surface area is 211 Å². The van der Waals surface area contributed by atoms with Crippen LogP contribution in [0.5, 0.6) is 0 Å². The monoisotopic (exact) mass is 518 g/mol. The van der Waals surface area contributed by atoms with Crippen molar-refractivity contribution in [3.05, 3.63) is 36.0 Å². The molecular weight excluding hydrogens is 488 g/mol. The lowest BCUT2D eigenvalue weighted by Crippen LogP contribution is -2.57. The van der Waals surface area contributed by atoms with E-state index in [2.05, 4.69) is 20.9 Å². The third-order valence-electron chi connectivity index (χ3n) is 5.51. The zero-order valence-electron chi connectivity index (χ0n) is 20.0. The van der Waals surface area contributed by atoms with E-state index in [1.807, 2.05) is 0 Å². The molecule has 4 atom stereocenters. The molecule has 0 bridgehead atoms. The van der Waals surface area contributed by atoms with Gasteiger partial charge < -0.3 is 42.6 Å². The summed E-state index contributed by atoms with van der Waals surface area (Å²) in [5.74, 6) is -6.12. The van der Waals surface area contributed by atoms with Crippen molar-refractivity contribution in [2.24, 2.45) is 11.5 Å². The number of H-pyrrole nitrogens is 1. The standard InChI is InChI=1S/C23H30N6O8/c1-11(23(36)37)27-21(34)16(8-12-10-26-15-5-3-2-4-13(12)15)29-22(35)17(9-19(31)32)28-20(33)14(24)6-7-18(25)30/h2-5,10-11,14,16-17,26H,6-9,24H2,1H3,(H2,25,30)(H,27,34)(H,28,33)(H,29,35)(H,31,32)(H,36,37). The molecule has 2 aromatic rings. The Bertz CT molecular complexity index is 1180. The van der Waals surface area contributed by atoms with Crippen molar-refractivity contribution in [2.45, 2.75) is 56.8 Å². The van der Waals surface area contributed by atoms with E-state index in [1.54, 1.807) is 30.5 Å². The number of carboxylic acid groups (broad SMARTS) is 2. The van der Waals surface area contributed by atoms with Crippen molar-refractivity contribution in [2.75, 3.05) is 0 Å². The van der Waals surface area contributed by atoms with Crippen LogP contribution in [0.25, 0.3) is 10.9 Å². The molecule has 0 aliphatic heterocycles. The highest BCUT2D eigenvalue weighted by atomic mass is 16.4. The molecule has 200 valence electrons. The predicted octanol–water partition coefficient (Wildman–Crippen LogP) is -1.66. The highest BCUT2D eigenvalue weighted by Crippen LogP contribution is 2.19. The second-order valence-corrected chi connectivity index (χ2v) is 8.46. The van der Waals surface area contributed by atoms with Crippen LogP contribution in [0.15, 0.2) is 30.5 Å². The number of nitrogens with one attached hydrogen (secondary N) is 4. The van der Waals surface area contributed by atoms with Crippen LogP contribution < -0.4 is 27.4 Å². The average molecular weight is 519 g/mol. The van der Waals surface area contributed by atoms with Gasteiger partial charge in [-0.2, -0.15) is 0 Å². The van der Waals surface area contributed by atoms with Crippen LogP contribution in [-0.2, 0) is 35.2 Å². The van der Waals surface area contributed by atoms with Crippen LogP contribution in [0.3, 0.4) is 0 Å². The molecule has 0 saturated carbocycles. The number of carbonyl (C=O) groups is 6. The molecule has 0 aliphatic rings. The van der Waals surface area contributed by atoms with E-state index < -0.39 is 66.2 Å². The Morgan fingerprint density at radius 3 is 2.19 bits per heavy atom. The number of primary amides is 1. The number of carbonyl (C=O) groups excluding carboxylic acids is 4. The Balaban J connectivity index is 2.25. The lowest BCUT2D eigenvalue weighted by Gasteiger charge is -2.24. The number of nitrogens with two attached hydrogens (primary N) is 2. The number of fused-ring (bicyclic) bond motifs is 1. The molecule has 0 spiro atoms. The lowest BCUT2D eigenvalue weighted by atomic mass is 10.0. The number of rotatable bonds is 14. The first-order valence-corrected chi connectivity index (χ1v) is 11.3. The fourth-order valence-corrected chi connectivity index (χ4v) is 3.47. The van der Waals surface area contributed by atoms with Crippen LogP contribution in [0.2, 0.25) is 0 Å². The second-order valence-electron chi connectivity index (χ2n) is 8.46. The first-order chi connectivity index (χ1) is 17.4. The molecule has 10 N–H and O–H groups in total. The quantitative estimate of drug-likeness (QED) is 0.142. The maximum absolute atomic E-state index is 13.0. The van der Waals surface area contributed by atoms with Crippen molar-refractivity contribution in [3.63, 3.8) is 0 Å². The summed E-state index contributed by atoms with van der Waals surface area (Å²) >= 11 is 0. The molecule has 14 heteroatoms. The van der Waals surface area contributed by atoms with E-state index in [1.165, 1.54) is 6.92 Å². The van der Waals surface area contributed by atoms with Crippen molar-refractivity contribution < 1.29 is 39.0 Å². The molecular formula is C23H30N6O8. The topological polar surface area (TPSA) is 247 Å². The van der Waals surface area contributed by atoms with Gasteiger partial charge in [-0.3, -0.25) is 28.8 Å². The van der Waals surface area contributed by atoms with Crippen LogP contribution in [0.4, 0.5) is 0 Å². The predicted molar refractivity (Wildman–Crippen MR) is 130 cm³/mol. The fraction of sp³-hybridized carbons (Fsp3) is 0.391. The van der Waals surface area contributed by atoms with E-state index in [-0.39, 0.29) is 19.3 Å². The molecule has 4 amide bonds. The van der Waals surface area contributed by atoms with Gasteiger partial charge in [-0.1, -0.05) is 18.2 Å². The van der Waals surface area contributed by atoms with Gasteiger partial charge in [-0.15, -0.1) is 0 Å². The summed E-state index contributed by atoms with van der Waals surface area (Å²) < 4.78 is 0. The maximum Gasteiger partial charge on any atom is 0.325 e. The first kappa shape index (κ1) is 28.8. The number of aliphatic carboxylic acids is 2. The zero-order valence-corrected chi connectivity index (χ0v) is 20.0. The summed E-state index contributed by atoms with van der Waals surface area (Å²) in [4.78, 5) is 74.9. The highest BCUT2D eigenvalue weighted by Gasteiger charge is 2.31. The fourth-order valence-electron chi connectivity index (χ4n) is 3.47. The summed E-state index contributed by atoms with van der Waals surface area (Å²) in [6.07, 6.45) is 0.416. The van der Waals surface area contributed by atoms with Gasteiger partial charge in [-0.25, -0.2) is 0 Å². The van der Waals surface area contributed by atoms with Crippen LogP contribution >= 0.6 is 0 Å². The largest absolute Gasteiger partial charge is 0.481 e. The van der Waals surface area contributed by atoms with E-state index in [9.17, 15) is 33.9 Å². The molecule has 2 rings (SSSR count). The number of aromatic amines is 1. The normalized spacial score (nSPS) is 14.1. The zero-order chi connectivity index (χ0) is 27.7. The molecule has 37 heavy (non-hydrogen) atoms. The number of carboxylic acids is 2. The van der Waals surface area contributed by atoms with Crippen LogP contribution in [0.1, 0.15) is 31.7 Å². The van der Waals surface area contributed by atoms with Crippen LogP contribution in [0, 0.1) is 0 Å². The first-order valence-electron chi connectivity index (χ1n) is 11.3. The Morgan fingerprint density at radius 2 is 1.57 bits per heavy atom. The number of para-hydroxylation sites is 1. The maximum atomic E-state index is 13.0. The summed E-state index contributed by atoms with van der Waals surface area (Å²) in [6, 6.07) is 1.74. The van der Waals surface area contributed by atoms with Crippen molar-refractivity contribution in [1.82, 2.24) is 20.9 Å². The Hall–Kier alpha value is -4.46. The van der Waals surface area contributed by atoms with Gasteiger partial charge in [0.2, 0.25) is 23.6 Å². The Morgan fingerprint density at radius 1 is 0.946 bits per heavy atom. The molecule has 4 unspecified atom stereocenters. The third-order valence-corrected chi connectivity index (χ3v) is 5.51. The van der Waals surface area contributed by atoms with Gasteiger partial charge in [0.1, 0.15) is 18.1 Å². The van der Waals surface area contributed by atoms with Gasteiger partial charge in [0.05, 0.1) is 12.5 Å². The number of benzene rings is 1. The summed E-state index contributed by atoms with van der Waals surface area (Å²) in [5.41, 5.74) is 12.1. The summed E-state index contributed by atoms with van der Waals surface area (Å²) in [7, 11) is 0. The minimum atomic E-state index is -1.61. The Kier molecular flexibility index (Phi) is 10.1. The smallest absolute Gasteiger partial charge is 0.325 e. The van der Waals surface area contributed by atoms with Crippen molar-refractivity contribution >= 4 is 46.5 Å². The lowest BCUT2D eigenvalue weighted by molar-refractivity contribution is -0.143. The second kappa shape index (κ2) is 13.0. The van der Waals surface area contributed by atoms with Crippen LogP contribution in [-0.4, -0.2) is 74.9 Å². The van der Waals surface area contributed by atoms with Gasteiger partial charge in [0.25, 0.3) is 0 Å². The number of hydrogen-bond acceptors (Lipinski definition) is 7. The highest BCUT2D eigenvalue weighted by molar-refractivity contribution is 5.96. The molecule has 14 nitrogen and oxygen atoms in total. The molecule has 0 fully saturated rings. The number of hydrogen-bond donors (Lipinski definition) is 8. The number of amides is 4. The average Bonchev–Trinajstić information content (AvgIpc) is 3.23. The third kappa shape index (κ3) is 8.61. The van der Waals surface area contributed by atoms with Crippen molar-refractivity contribution in [3.8, 4) is 0 Å². The van der Waals surface area contributed by atoms with Gasteiger partial charge >= 0.3 is 11.9 Å². The van der Waals surface area contributed by atoms with Crippen molar-refractivity contribution in [1.29, 1.82) is 0 Å². The van der Waals surface area contributed by atoms with Gasteiger partial charge in [0.15, 0.2) is 0 Å². The van der Waals surface area contributed by atoms with E-state index in [0.29, 0.717) is 5.56 Å². The summed E-state index contributed by atoms with van der Waals surface area (Å²) in [6.45, 7) is 1.24. The van der Waals surface area contributed by atoms with E-state index >= 15 is 0 Å².